The van der Waals surface area contributed by atoms with Gasteiger partial charge in [-0.05, 0) is 24.3 Å². The number of nitrogens with one attached hydrogen (secondary N) is 3. The van der Waals surface area contributed by atoms with E-state index < -0.39 is 41.5 Å². The molecule has 4 amide bonds. The molecule has 1 spiro atoms. The van der Waals surface area contributed by atoms with Crippen LogP contribution in [0, 0.1) is 0 Å². The van der Waals surface area contributed by atoms with Crippen molar-refractivity contribution in [1.29, 1.82) is 0 Å². The van der Waals surface area contributed by atoms with E-state index in [0.29, 0.717) is 25.3 Å². The lowest BCUT2D eigenvalue weighted by atomic mass is 9.79. The van der Waals surface area contributed by atoms with E-state index in [4.69, 9.17) is 16.2 Å². The van der Waals surface area contributed by atoms with Gasteiger partial charge in [-0.1, -0.05) is 32.9 Å². The van der Waals surface area contributed by atoms with Crippen LogP contribution in [0.2, 0.25) is 0 Å². The number of amides is 4. The van der Waals surface area contributed by atoms with Gasteiger partial charge in [-0.2, -0.15) is 0 Å². The minimum atomic E-state index is -2.65. The highest BCUT2D eigenvalue weighted by molar-refractivity contribution is 6.02. The Morgan fingerprint density at radius 2 is 2.05 bits per heavy atom. The average molecular weight is 585 g/mol. The monoisotopic (exact) mass is 584 g/mol. The number of ether oxygens (including phenoxy) is 1. The molecule has 5 aliphatic rings. The Morgan fingerprint density at radius 1 is 1.29 bits per heavy atom. The molecule has 6 rings (SSSR count). The molecule has 0 saturated carbocycles. The second-order valence-electron chi connectivity index (χ2n) is 12.2. The van der Waals surface area contributed by atoms with Gasteiger partial charge in [0.15, 0.2) is 5.96 Å². The van der Waals surface area contributed by atoms with Gasteiger partial charge in [-0.3, -0.25) is 25.5 Å². The molecule has 1 aromatic rings. The Balaban J connectivity index is 1.30. The van der Waals surface area contributed by atoms with Gasteiger partial charge in [0.1, 0.15) is 30.4 Å². The van der Waals surface area contributed by atoms with E-state index in [2.05, 4.69) is 34.8 Å². The van der Waals surface area contributed by atoms with Gasteiger partial charge < -0.3 is 36.2 Å². The molecule has 5 aliphatic heterocycles. The molecule has 5 heterocycles. The van der Waals surface area contributed by atoms with E-state index in [1.54, 1.807) is 12.1 Å². The van der Waals surface area contributed by atoms with Crippen LogP contribution < -0.4 is 32.2 Å². The van der Waals surface area contributed by atoms with Crippen molar-refractivity contribution < 1.29 is 33.9 Å². The number of aliphatic hydroxyl groups is 2. The first-order valence-corrected chi connectivity index (χ1v) is 14.2. The topological polar surface area (TPSA) is 211 Å². The number of para-hydroxylation sites is 1. The molecule has 9 N–H and O–H groups in total. The predicted molar refractivity (Wildman–Crippen MR) is 149 cm³/mol. The largest absolute Gasteiger partial charge is 0.492 e. The molecule has 0 aliphatic carbocycles. The zero-order chi connectivity index (χ0) is 30.2. The first-order valence-electron chi connectivity index (χ1n) is 14.2. The zero-order valence-corrected chi connectivity index (χ0v) is 23.9. The molecular weight excluding hydrogens is 546 g/mol. The summed E-state index contributed by atoms with van der Waals surface area (Å²) in [6, 6.07) is 1.84. The lowest BCUT2D eigenvalue weighted by molar-refractivity contribution is -0.623. The molecule has 0 radical (unpaired) electrons. The fraction of sp³-hybridized carbons (Fsp3) is 0.593. The minimum absolute atomic E-state index is 0.0354. The van der Waals surface area contributed by atoms with Crippen molar-refractivity contribution in [1.82, 2.24) is 25.8 Å². The summed E-state index contributed by atoms with van der Waals surface area (Å²) in [6.07, 6.45) is 1.49. The average Bonchev–Trinajstić information content (AvgIpc) is 3.49. The SMILES string of the molecule is CCCN1CC(=O)N(C[C@@H]2NC(N)=[N+]3CC(NC(=O)c4cccc5c4OCCC5(C)C)C(O)(O)[C@@]34NC(N)=N[C@@H]24)C1=O. The van der Waals surface area contributed by atoms with Crippen LogP contribution in [0.25, 0.3) is 0 Å². The molecule has 4 atom stereocenters. The first-order chi connectivity index (χ1) is 19.8. The van der Waals surface area contributed by atoms with Gasteiger partial charge in [0.2, 0.25) is 17.4 Å². The number of nitrogens with zero attached hydrogens (tertiary/aromatic N) is 4. The summed E-state index contributed by atoms with van der Waals surface area (Å²) in [5.74, 6) is -3.13. The van der Waals surface area contributed by atoms with Gasteiger partial charge in [0.25, 0.3) is 5.91 Å². The van der Waals surface area contributed by atoms with Gasteiger partial charge in [-0.25, -0.2) is 14.4 Å². The maximum Gasteiger partial charge on any atom is 0.346 e. The highest BCUT2D eigenvalue weighted by atomic mass is 16.5. The molecular formula is C27H38N9O6+. The molecule has 226 valence electrons. The number of rotatable bonds is 6. The number of nitrogens with two attached hydrogens (primary N) is 2. The predicted octanol–water partition coefficient (Wildman–Crippen LogP) is -2.50. The summed E-state index contributed by atoms with van der Waals surface area (Å²) in [5, 5.41) is 32.3. The van der Waals surface area contributed by atoms with Crippen LogP contribution in [-0.4, -0.2) is 117 Å². The third-order valence-corrected chi connectivity index (χ3v) is 9.14. The molecule has 15 heteroatoms. The number of hydrogen-bond acceptors (Lipinski definition) is 11. The molecule has 42 heavy (non-hydrogen) atoms. The van der Waals surface area contributed by atoms with Crippen molar-refractivity contribution in [3.63, 3.8) is 0 Å². The summed E-state index contributed by atoms with van der Waals surface area (Å²) in [5.41, 5.74) is 11.7. The Kier molecular flexibility index (Phi) is 6.31. The Morgan fingerprint density at radius 3 is 2.79 bits per heavy atom. The number of benzene rings is 1. The van der Waals surface area contributed by atoms with E-state index in [9.17, 15) is 24.6 Å². The van der Waals surface area contributed by atoms with E-state index in [0.717, 1.165) is 16.9 Å². The van der Waals surface area contributed by atoms with Crippen molar-refractivity contribution >= 4 is 29.8 Å². The van der Waals surface area contributed by atoms with Crippen molar-refractivity contribution in [2.75, 3.05) is 32.8 Å². The molecule has 2 fully saturated rings. The van der Waals surface area contributed by atoms with Crippen LogP contribution in [0.1, 0.15) is 49.5 Å². The van der Waals surface area contributed by atoms with E-state index in [-0.39, 0.29) is 48.4 Å². The molecule has 1 aromatic carbocycles. The second kappa shape index (κ2) is 9.46. The number of carbonyl (C=O) groups excluding carboxylic acids is 3. The number of guanidine groups is 2. The number of aliphatic imine (C=N–C) groups is 1. The van der Waals surface area contributed by atoms with Crippen molar-refractivity contribution in [3.05, 3.63) is 29.3 Å². The Labute approximate surface area is 242 Å². The lowest BCUT2D eigenvalue weighted by Gasteiger charge is -2.44. The summed E-state index contributed by atoms with van der Waals surface area (Å²) in [7, 11) is 0. The molecule has 0 aromatic heterocycles. The van der Waals surface area contributed by atoms with Gasteiger partial charge in [-0.15, -0.1) is 0 Å². The van der Waals surface area contributed by atoms with E-state index in [1.807, 2.05) is 13.0 Å². The number of urea groups is 1. The highest BCUT2D eigenvalue weighted by Crippen LogP contribution is 2.43. The van der Waals surface area contributed by atoms with Gasteiger partial charge >= 0.3 is 12.0 Å². The Hall–Kier alpha value is -4.11. The fourth-order valence-electron chi connectivity index (χ4n) is 6.91. The van der Waals surface area contributed by atoms with E-state index >= 15 is 0 Å². The summed E-state index contributed by atoms with van der Waals surface area (Å²) >= 11 is 0. The number of imide groups is 1. The fourth-order valence-corrected chi connectivity index (χ4v) is 6.91. The van der Waals surface area contributed by atoms with Crippen LogP contribution in [0.5, 0.6) is 5.75 Å². The van der Waals surface area contributed by atoms with Gasteiger partial charge in [0, 0.05) is 12.1 Å². The lowest BCUT2D eigenvalue weighted by Crippen LogP contribution is -2.79. The third kappa shape index (κ3) is 3.90. The minimum Gasteiger partial charge on any atom is -0.492 e. The normalized spacial score (nSPS) is 30.6. The first kappa shape index (κ1) is 28.0. The number of hydrogen-bond donors (Lipinski definition) is 7. The van der Waals surface area contributed by atoms with Crippen LogP contribution in [0.4, 0.5) is 4.79 Å². The smallest absolute Gasteiger partial charge is 0.346 e. The van der Waals surface area contributed by atoms with Crippen LogP contribution >= 0.6 is 0 Å². The second-order valence-corrected chi connectivity index (χ2v) is 12.2. The number of fused-ring (bicyclic) bond motifs is 1. The van der Waals surface area contributed by atoms with Crippen LogP contribution in [0.3, 0.4) is 0 Å². The van der Waals surface area contributed by atoms with E-state index in [1.165, 1.54) is 9.48 Å². The van der Waals surface area contributed by atoms with Crippen LogP contribution in [-0.2, 0) is 10.2 Å². The molecule has 0 bridgehead atoms. The summed E-state index contributed by atoms with van der Waals surface area (Å²) < 4.78 is 7.37. The maximum absolute atomic E-state index is 13.6. The van der Waals surface area contributed by atoms with Crippen molar-refractivity contribution in [3.8, 4) is 5.75 Å². The molecule has 1 unspecified atom stereocenters. The van der Waals surface area contributed by atoms with Gasteiger partial charge in [0.05, 0.1) is 25.3 Å². The van der Waals surface area contributed by atoms with Crippen molar-refractivity contribution in [2.45, 2.75) is 68.6 Å². The quantitative estimate of drug-likeness (QED) is 0.106. The number of carbonyl (C=O) groups is 3. The Bertz CT molecular complexity index is 1420. The summed E-state index contributed by atoms with van der Waals surface area (Å²) in [4.78, 5) is 46.3. The molecule has 15 nitrogen and oxygen atoms in total. The maximum atomic E-state index is 13.6. The third-order valence-electron chi connectivity index (χ3n) is 9.14. The van der Waals surface area contributed by atoms with Crippen molar-refractivity contribution in [2.24, 2.45) is 16.5 Å². The molecule has 2 saturated heterocycles. The highest BCUT2D eigenvalue weighted by Gasteiger charge is 2.75. The van der Waals surface area contributed by atoms with Crippen LogP contribution in [0.15, 0.2) is 23.2 Å². The zero-order valence-electron chi connectivity index (χ0n) is 23.9. The standard InChI is InChI=1S/C27H37N9O6/c1-4-9-34-13-18(37)35(24(34)39)11-16-20-26(33-22(28)32-20)27(40,41)17(12-36(26)23(29)30-16)31-21(38)14-6-5-7-15-19(14)42-10-8-25(15,2)3/h5-7,16-17,20,40-41H,4,8-13H2,1-3H3,(H6,28,29,30,31,32,33,38)/p+1/t16-,17?,20-,26-/m0/s1. The summed E-state index contributed by atoms with van der Waals surface area (Å²) in [6.45, 7) is 6.69.